The Morgan fingerprint density at radius 3 is 2.67 bits per heavy atom. The van der Waals surface area contributed by atoms with Crippen LogP contribution >= 0.6 is 0 Å². The number of carbonyl (C=O) groups is 2. The molecule has 3 amide bonds. The summed E-state index contributed by atoms with van der Waals surface area (Å²) < 4.78 is -0.572. The number of amides is 3. The first-order chi connectivity index (χ1) is 4.18. The topological polar surface area (TPSA) is 80.4 Å². The molecule has 6 heteroatoms. The molecular formula is C3H3IN2O3. The average Bonchev–Trinajstić information content (AvgIpc) is 1.59. The number of carbonyl (C=O) groups excluding carboxylic acids is 2. The van der Waals surface area contributed by atoms with Crippen molar-refractivity contribution >= 4 is 13.8 Å². The molecule has 5 nitrogen and oxygen atoms in total. The SMILES string of the molecule is O=C1NC(=O)[I-]C(O)=[NH+]1. The van der Waals surface area contributed by atoms with Gasteiger partial charge < -0.3 is 0 Å². The summed E-state index contributed by atoms with van der Waals surface area (Å²) >= 11 is -1.05. The maximum absolute atomic E-state index is 10.4. The van der Waals surface area contributed by atoms with Crippen LogP contribution in [0.1, 0.15) is 0 Å². The second-order valence-corrected chi connectivity index (χ2v) is 3.78. The maximum atomic E-state index is 10.4. The van der Waals surface area contributed by atoms with Crippen molar-refractivity contribution in [3.8, 4) is 0 Å². The van der Waals surface area contributed by atoms with E-state index in [9.17, 15) is 9.59 Å². The summed E-state index contributed by atoms with van der Waals surface area (Å²) in [6.45, 7) is 0. The third kappa shape index (κ3) is 1.63. The van der Waals surface area contributed by atoms with Crippen molar-refractivity contribution in [2.24, 2.45) is 0 Å². The average molecular weight is 242 g/mol. The number of hydrogen-bond donors (Lipinski definition) is 3. The van der Waals surface area contributed by atoms with E-state index in [1.165, 1.54) is 0 Å². The van der Waals surface area contributed by atoms with Crippen LogP contribution in [0, 0.1) is 0 Å². The molecule has 0 saturated carbocycles. The quantitative estimate of drug-likeness (QED) is 0.226. The van der Waals surface area contributed by atoms with Crippen LogP contribution in [-0.4, -0.2) is 19.0 Å². The van der Waals surface area contributed by atoms with E-state index in [0.29, 0.717) is 0 Å². The predicted molar refractivity (Wildman–Crippen MR) is 22.5 cm³/mol. The van der Waals surface area contributed by atoms with E-state index >= 15 is 0 Å². The summed E-state index contributed by atoms with van der Waals surface area (Å²) in [4.78, 5) is 22.7. The Kier molecular flexibility index (Phi) is 1.65. The first-order valence-electron chi connectivity index (χ1n) is 2.01. The number of imide groups is 1. The van der Waals surface area contributed by atoms with Crippen molar-refractivity contribution in [3.63, 3.8) is 0 Å². The minimum atomic E-state index is -1.05. The first kappa shape index (κ1) is 6.46. The number of urea groups is 1. The van der Waals surface area contributed by atoms with Crippen molar-refractivity contribution < 1.29 is 40.9 Å². The van der Waals surface area contributed by atoms with Gasteiger partial charge in [0, 0.05) is 0 Å². The normalized spacial score (nSPS) is 19.8. The van der Waals surface area contributed by atoms with Gasteiger partial charge in [-0.2, -0.15) is 0 Å². The van der Waals surface area contributed by atoms with Gasteiger partial charge >= 0.3 is 60.1 Å². The fourth-order valence-electron chi connectivity index (χ4n) is 0.343. The monoisotopic (exact) mass is 242 g/mol. The number of hydrogen-bond acceptors (Lipinski definition) is 2. The van der Waals surface area contributed by atoms with E-state index < -0.39 is 27.2 Å². The van der Waals surface area contributed by atoms with Gasteiger partial charge in [-0.1, -0.05) is 0 Å². The second-order valence-electron chi connectivity index (χ2n) is 1.24. The van der Waals surface area contributed by atoms with Gasteiger partial charge in [-0.25, -0.2) is 0 Å². The Morgan fingerprint density at radius 2 is 2.22 bits per heavy atom. The van der Waals surface area contributed by atoms with Crippen molar-refractivity contribution in [1.29, 1.82) is 0 Å². The molecule has 9 heavy (non-hydrogen) atoms. The Hall–Kier alpha value is -0.660. The molecule has 0 fully saturated rings. The van der Waals surface area contributed by atoms with Crippen LogP contribution < -0.4 is 31.5 Å². The molecule has 1 rings (SSSR count). The molecule has 0 bridgehead atoms. The Labute approximate surface area is 60.4 Å². The molecule has 3 N–H and O–H groups in total. The van der Waals surface area contributed by atoms with Crippen LogP contribution in [0.25, 0.3) is 0 Å². The van der Waals surface area contributed by atoms with E-state index in [-0.39, 0.29) is 7.82 Å². The molecular weight excluding hydrogens is 239 g/mol. The van der Waals surface area contributed by atoms with Crippen LogP contribution in [0.5, 0.6) is 0 Å². The van der Waals surface area contributed by atoms with E-state index in [1.807, 2.05) is 5.32 Å². The summed E-state index contributed by atoms with van der Waals surface area (Å²) in [5.74, 6) is 0. The van der Waals surface area contributed by atoms with Gasteiger partial charge in [0.15, 0.2) is 0 Å². The standard InChI is InChI=1S/C3H2IN2O3/c7-1-4-2(8)6-3(9)5-1/h(H2,5,6,7,8,9)/q-1/p+1. The number of aliphatic hydroxyl groups is 1. The zero-order valence-electron chi connectivity index (χ0n) is 4.14. The number of rotatable bonds is 0. The van der Waals surface area contributed by atoms with Crippen LogP contribution in [-0.2, 0) is 0 Å². The van der Waals surface area contributed by atoms with Gasteiger partial charge in [-0.15, -0.1) is 0 Å². The summed E-state index contributed by atoms with van der Waals surface area (Å²) in [6.07, 6.45) is 0. The molecule has 0 radical (unpaired) electrons. The zero-order valence-corrected chi connectivity index (χ0v) is 6.30. The Balaban J connectivity index is 2.79. The van der Waals surface area contributed by atoms with E-state index in [2.05, 4.69) is 4.99 Å². The zero-order chi connectivity index (χ0) is 6.85. The van der Waals surface area contributed by atoms with Crippen molar-refractivity contribution in [1.82, 2.24) is 5.32 Å². The van der Waals surface area contributed by atoms with Crippen LogP contribution in [0.15, 0.2) is 0 Å². The molecule has 0 aromatic rings. The van der Waals surface area contributed by atoms with Crippen LogP contribution in [0.4, 0.5) is 9.59 Å². The summed E-state index contributed by atoms with van der Waals surface area (Å²) in [5.41, 5.74) is 0. The fourth-order valence-corrected chi connectivity index (χ4v) is 1.57. The number of halogens is 1. The molecule has 0 spiro atoms. The van der Waals surface area contributed by atoms with Gasteiger partial charge in [0.25, 0.3) is 0 Å². The van der Waals surface area contributed by atoms with Crippen molar-refractivity contribution in [2.75, 3.05) is 0 Å². The number of aliphatic hydroxyl groups excluding tert-OH is 1. The van der Waals surface area contributed by atoms with Gasteiger partial charge in [0.1, 0.15) is 0 Å². The summed E-state index contributed by atoms with van der Waals surface area (Å²) in [7, 11) is 0. The molecule has 50 valence electrons. The molecule has 1 aliphatic rings. The predicted octanol–water partition coefficient (Wildman–Crippen LogP) is -5.09. The second kappa shape index (κ2) is 2.29. The fraction of sp³-hybridized carbons (Fsp3) is 0. The first-order valence-corrected chi connectivity index (χ1v) is 4.17. The third-order valence-electron chi connectivity index (χ3n) is 0.604. The molecule has 1 heterocycles. The van der Waals surface area contributed by atoms with Crippen LogP contribution in [0.2, 0.25) is 0 Å². The van der Waals surface area contributed by atoms with Crippen molar-refractivity contribution in [2.45, 2.75) is 0 Å². The molecule has 1 aliphatic heterocycles. The Bertz CT molecular complexity index is 199. The summed E-state index contributed by atoms with van der Waals surface area (Å²) in [6, 6.07) is -0.650. The molecule has 0 aromatic heterocycles. The summed E-state index contributed by atoms with van der Waals surface area (Å²) in [5, 5.41) is 10.6. The van der Waals surface area contributed by atoms with Gasteiger partial charge in [-0.05, 0) is 0 Å². The third-order valence-corrected chi connectivity index (χ3v) is 2.14. The van der Waals surface area contributed by atoms with Gasteiger partial charge in [0.2, 0.25) is 0 Å². The molecule has 0 atom stereocenters. The Morgan fingerprint density at radius 1 is 1.56 bits per heavy atom. The van der Waals surface area contributed by atoms with E-state index in [4.69, 9.17) is 5.11 Å². The molecule has 0 aromatic carbocycles. The van der Waals surface area contributed by atoms with Crippen molar-refractivity contribution in [3.05, 3.63) is 0 Å². The molecule has 0 aliphatic carbocycles. The van der Waals surface area contributed by atoms with E-state index in [1.54, 1.807) is 0 Å². The molecule has 0 unspecified atom stereocenters. The minimum absolute atomic E-state index is 0.192. The van der Waals surface area contributed by atoms with Gasteiger partial charge in [0.05, 0.1) is 0 Å². The molecule has 0 saturated heterocycles. The van der Waals surface area contributed by atoms with Gasteiger partial charge in [-0.3, -0.25) is 0 Å². The number of nitrogens with one attached hydrogen (secondary N) is 2. The van der Waals surface area contributed by atoms with Crippen LogP contribution in [0.3, 0.4) is 0 Å². The van der Waals surface area contributed by atoms with E-state index in [0.717, 1.165) is 0 Å².